The van der Waals surface area contributed by atoms with E-state index in [1.165, 1.54) is 12.2 Å². The number of nitro groups is 1. The van der Waals surface area contributed by atoms with Gasteiger partial charge in [0.2, 0.25) is 0 Å². The van der Waals surface area contributed by atoms with Crippen LogP contribution in [0.15, 0.2) is 18.2 Å². The number of anilines is 1. The molecule has 0 unspecified atom stereocenters. The molecule has 0 spiro atoms. The van der Waals surface area contributed by atoms with Crippen molar-refractivity contribution in [2.75, 3.05) is 5.73 Å². The van der Waals surface area contributed by atoms with Gasteiger partial charge in [-0.1, -0.05) is 12.2 Å². The number of nitrogen functional groups attached to an aromatic ring is 1. The van der Waals surface area contributed by atoms with Crippen LogP contribution in [0, 0.1) is 15.9 Å². The van der Waals surface area contributed by atoms with Crippen molar-refractivity contribution < 1.29 is 14.1 Å². The minimum absolute atomic E-state index is 0.0303. The zero-order valence-electron chi connectivity index (χ0n) is 8.22. The van der Waals surface area contributed by atoms with Crippen LogP contribution in [0.4, 0.5) is 15.8 Å². The van der Waals surface area contributed by atoms with Gasteiger partial charge in [0.1, 0.15) is 17.8 Å². The molecule has 0 amide bonds. The van der Waals surface area contributed by atoms with Crippen molar-refractivity contribution in [1.82, 2.24) is 0 Å². The smallest absolute Gasteiger partial charge is 0.292 e. The highest BCUT2D eigenvalue weighted by Gasteiger charge is 2.14. The Labute approximate surface area is 90.5 Å². The molecule has 0 saturated heterocycles. The number of benzene rings is 1. The Morgan fingerprint density at radius 1 is 1.50 bits per heavy atom. The van der Waals surface area contributed by atoms with Gasteiger partial charge in [0.15, 0.2) is 0 Å². The van der Waals surface area contributed by atoms with Crippen LogP contribution < -0.4 is 5.73 Å². The highest BCUT2D eigenvalue weighted by atomic mass is 19.1. The van der Waals surface area contributed by atoms with Crippen LogP contribution in [-0.2, 0) is 4.79 Å². The molecule has 6 heteroatoms. The first-order valence-corrected chi connectivity index (χ1v) is 4.40. The number of nitrogens with two attached hydrogens (primary N) is 1. The van der Waals surface area contributed by atoms with Gasteiger partial charge in [-0.05, 0) is 0 Å². The third kappa shape index (κ3) is 2.63. The number of allylic oxidation sites excluding steroid dienone is 1. The minimum Gasteiger partial charge on any atom is -0.393 e. The van der Waals surface area contributed by atoms with Gasteiger partial charge in [-0.25, -0.2) is 4.39 Å². The number of nitro benzene ring substituents is 1. The monoisotopic (exact) mass is 224 g/mol. The average molecular weight is 224 g/mol. The Hall–Kier alpha value is -2.24. The largest absolute Gasteiger partial charge is 0.393 e. The predicted molar refractivity (Wildman–Crippen MR) is 57.2 cm³/mol. The minimum atomic E-state index is -0.689. The summed E-state index contributed by atoms with van der Waals surface area (Å²) in [6.45, 7) is 0. The number of carbonyl (C=O) groups excluding carboxylic acids is 1. The van der Waals surface area contributed by atoms with Gasteiger partial charge in [0, 0.05) is 24.1 Å². The van der Waals surface area contributed by atoms with E-state index in [-0.39, 0.29) is 23.4 Å². The summed E-state index contributed by atoms with van der Waals surface area (Å²) in [4.78, 5) is 19.9. The molecule has 1 rings (SSSR count). The van der Waals surface area contributed by atoms with Crippen LogP contribution in [-0.4, -0.2) is 11.2 Å². The van der Waals surface area contributed by atoms with E-state index < -0.39 is 10.7 Å². The molecule has 0 atom stereocenters. The first-order valence-electron chi connectivity index (χ1n) is 4.40. The Kier molecular flexibility index (Phi) is 3.71. The lowest BCUT2D eigenvalue weighted by molar-refractivity contribution is -0.384. The van der Waals surface area contributed by atoms with Crippen LogP contribution in [0.25, 0.3) is 6.08 Å². The SMILES string of the molecule is Nc1cc(F)c(C=CCC=O)cc1[N+](=O)[O-]. The van der Waals surface area contributed by atoms with Gasteiger partial charge >= 0.3 is 0 Å². The summed E-state index contributed by atoms with van der Waals surface area (Å²) in [7, 11) is 0. The molecule has 84 valence electrons. The molecule has 1 aromatic rings. The lowest BCUT2D eigenvalue weighted by Gasteiger charge is -2.00. The number of halogens is 1. The first kappa shape index (κ1) is 11.8. The molecular weight excluding hydrogens is 215 g/mol. The summed E-state index contributed by atoms with van der Waals surface area (Å²) in [6, 6.07) is 1.92. The third-order valence-corrected chi connectivity index (χ3v) is 1.87. The average Bonchev–Trinajstić information content (AvgIpc) is 2.21. The van der Waals surface area contributed by atoms with Gasteiger partial charge < -0.3 is 10.5 Å². The Bertz CT molecular complexity index is 458. The van der Waals surface area contributed by atoms with Crippen molar-refractivity contribution in [3.05, 3.63) is 39.7 Å². The first-order chi connectivity index (χ1) is 7.56. The van der Waals surface area contributed by atoms with E-state index in [9.17, 15) is 19.3 Å². The number of carbonyl (C=O) groups is 1. The maximum atomic E-state index is 13.3. The molecule has 0 aliphatic heterocycles. The zero-order valence-corrected chi connectivity index (χ0v) is 8.22. The van der Waals surface area contributed by atoms with Crippen LogP contribution in [0.3, 0.4) is 0 Å². The fourth-order valence-corrected chi connectivity index (χ4v) is 1.13. The van der Waals surface area contributed by atoms with Crippen molar-refractivity contribution in [3.63, 3.8) is 0 Å². The van der Waals surface area contributed by atoms with Gasteiger partial charge in [0.05, 0.1) is 4.92 Å². The molecular formula is C10H9FN2O3. The lowest BCUT2D eigenvalue weighted by atomic mass is 10.1. The van der Waals surface area contributed by atoms with E-state index in [0.717, 1.165) is 12.1 Å². The Balaban J connectivity index is 3.14. The number of aldehydes is 1. The molecule has 5 nitrogen and oxygen atoms in total. The van der Waals surface area contributed by atoms with E-state index >= 15 is 0 Å². The van der Waals surface area contributed by atoms with Gasteiger partial charge in [-0.3, -0.25) is 10.1 Å². The molecule has 0 fully saturated rings. The Morgan fingerprint density at radius 3 is 2.75 bits per heavy atom. The highest BCUT2D eigenvalue weighted by molar-refractivity contribution is 5.66. The summed E-state index contributed by atoms with van der Waals surface area (Å²) in [5.41, 5.74) is 4.73. The standard InChI is InChI=1S/C10H9FN2O3/c11-8-6-9(12)10(13(15)16)5-7(8)3-1-2-4-14/h1,3-6H,2,12H2. The molecule has 0 bridgehead atoms. The quantitative estimate of drug-likeness (QED) is 0.366. The molecule has 2 N–H and O–H groups in total. The number of hydrogen-bond donors (Lipinski definition) is 1. The molecule has 0 radical (unpaired) electrons. The fraction of sp³-hybridized carbons (Fsp3) is 0.100. The van der Waals surface area contributed by atoms with Crippen molar-refractivity contribution in [2.45, 2.75) is 6.42 Å². The topological polar surface area (TPSA) is 86.2 Å². The maximum absolute atomic E-state index is 13.3. The van der Waals surface area contributed by atoms with Crippen LogP contribution >= 0.6 is 0 Å². The van der Waals surface area contributed by atoms with Crippen molar-refractivity contribution in [3.8, 4) is 0 Å². The van der Waals surface area contributed by atoms with Crippen LogP contribution in [0.1, 0.15) is 12.0 Å². The molecule has 0 saturated carbocycles. The third-order valence-electron chi connectivity index (χ3n) is 1.87. The molecule has 0 aromatic heterocycles. The molecule has 0 aliphatic carbocycles. The molecule has 16 heavy (non-hydrogen) atoms. The van der Waals surface area contributed by atoms with E-state index in [1.54, 1.807) is 0 Å². The highest BCUT2D eigenvalue weighted by Crippen LogP contribution is 2.25. The number of hydrogen-bond acceptors (Lipinski definition) is 4. The van der Waals surface area contributed by atoms with Crippen LogP contribution in [0.5, 0.6) is 0 Å². The van der Waals surface area contributed by atoms with Gasteiger partial charge in [-0.15, -0.1) is 0 Å². The maximum Gasteiger partial charge on any atom is 0.292 e. The van der Waals surface area contributed by atoms with Gasteiger partial charge in [0.25, 0.3) is 5.69 Å². The summed E-state index contributed by atoms with van der Waals surface area (Å²) in [5, 5.41) is 10.5. The zero-order chi connectivity index (χ0) is 12.1. The number of nitrogens with zero attached hydrogens (tertiary/aromatic N) is 1. The summed E-state index contributed by atoms with van der Waals surface area (Å²) >= 11 is 0. The second-order valence-corrected chi connectivity index (χ2v) is 2.99. The van der Waals surface area contributed by atoms with Crippen LogP contribution in [0.2, 0.25) is 0 Å². The van der Waals surface area contributed by atoms with E-state index in [2.05, 4.69) is 0 Å². The second-order valence-electron chi connectivity index (χ2n) is 2.99. The van der Waals surface area contributed by atoms with Crippen molar-refractivity contribution in [2.24, 2.45) is 0 Å². The van der Waals surface area contributed by atoms with Crippen molar-refractivity contribution >= 4 is 23.7 Å². The molecule has 0 heterocycles. The summed E-state index contributed by atoms with van der Waals surface area (Å²) in [5.74, 6) is -0.662. The van der Waals surface area contributed by atoms with E-state index in [1.807, 2.05) is 0 Å². The van der Waals surface area contributed by atoms with Gasteiger partial charge in [-0.2, -0.15) is 0 Å². The normalized spacial score (nSPS) is 10.6. The summed E-state index contributed by atoms with van der Waals surface area (Å²) < 4.78 is 13.3. The fourth-order valence-electron chi connectivity index (χ4n) is 1.13. The molecule has 0 aliphatic rings. The van der Waals surface area contributed by atoms with E-state index in [0.29, 0.717) is 6.29 Å². The lowest BCUT2D eigenvalue weighted by Crippen LogP contribution is -1.98. The number of rotatable bonds is 4. The van der Waals surface area contributed by atoms with E-state index in [4.69, 9.17) is 5.73 Å². The molecule has 1 aromatic carbocycles. The second kappa shape index (κ2) is 5.01. The Morgan fingerprint density at radius 2 is 2.19 bits per heavy atom. The summed E-state index contributed by atoms with van der Waals surface area (Å²) in [6.07, 6.45) is 3.47. The predicted octanol–water partition coefficient (Wildman–Crippen LogP) is 1.92. The van der Waals surface area contributed by atoms with Crippen molar-refractivity contribution in [1.29, 1.82) is 0 Å².